The van der Waals surface area contributed by atoms with Crippen molar-refractivity contribution in [3.8, 4) is 0 Å². The third-order valence-electron chi connectivity index (χ3n) is 5.11. The van der Waals surface area contributed by atoms with E-state index in [0.29, 0.717) is 13.0 Å². The highest BCUT2D eigenvalue weighted by molar-refractivity contribution is 5.66. The number of carbonyl (C=O) groups is 1. The van der Waals surface area contributed by atoms with Gasteiger partial charge in [-0.1, -0.05) is 0 Å². The predicted octanol–water partition coefficient (Wildman–Crippen LogP) is 0.713. The van der Waals surface area contributed by atoms with Gasteiger partial charge < -0.3 is 19.8 Å². The van der Waals surface area contributed by atoms with Gasteiger partial charge in [-0.05, 0) is 32.9 Å². The molecule has 1 heterocycles. The van der Waals surface area contributed by atoms with E-state index in [-0.39, 0.29) is 23.5 Å². The first-order valence-corrected chi connectivity index (χ1v) is 6.61. The van der Waals surface area contributed by atoms with Crippen molar-refractivity contribution in [1.29, 1.82) is 0 Å². The fourth-order valence-corrected chi connectivity index (χ4v) is 3.57. The Morgan fingerprint density at radius 1 is 1.44 bits per heavy atom. The molecule has 1 spiro atoms. The Labute approximate surface area is 108 Å². The van der Waals surface area contributed by atoms with Gasteiger partial charge in [-0.2, -0.15) is 0 Å². The number of aliphatic hydroxyl groups excluding tert-OH is 1. The Balaban J connectivity index is 1.91. The average Bonchev–Trinajstić information content (AvgIpc) is 2.36. The number of rotatable bonds is 4. The number of methoxy groups -OCH3 is 1. The van der Waals surface area contributed by atoms with E-state index < -0.39 is 5.97 Å². The van der Waals surface area contributed by atoms with Crippen molar-refractivity contribution in [2.45, 2.75) is 44.3 Å². The molecule has 1 aliphatic carbocycles. The Morgan fingerprint density at radius 2 is 2.06 bits per heavy atom. The van der Waals surface area contributed by atoms with Crippen LogP contribution in [-0.4, -0.2) is 59.5 Å². The van der Waals surface area contributed by atoms with E-state index in [2.05, 4.69) is 11.8 Å². The second-order valence-corrected chi connectivity index (χ2v) is 5.80. The number of likely N-dealkylation sites (tertiary alicyclic amines) is 1. The zero-order chi connectivity index (χ0) is 13.4. The van der Waals surface area contributed by atoms with Crippen LogP contribution in [0.15, 0.2) is 0 Å². The Morgan fingerprint density at radius 3 is 2.50 bits per heavy atom. The first-order valence-electron chi connectivity index (χ1n) is 6.61. The number of aliphatic carboxylic acids is 1. The minimum absolute atomic E-state index is 0.124. The monoisotopic (exact) mass is 257 g/mol. The van der Waals surface area contributed by atoms with Crippen LogP contribution < -0.4 is 0 Å². The van der Waals surface area contributed by atoms with Crippen LogP contribution in [0, 0.1) is 5.41 Å². The lowest BCUT2D eigenvalue weighted by molar-refractivity contribution is -0.261. The molecule has 104 valence electrons. The third-order valence-corrected chi connectivity index (χ3v) is 5.11. The second kappa shape index (κ2) is 4.79. The number of hydrogen-bond acceptors (Lipinski definition) is 4. The molecular weight excluding hydrogens is 234 g/mol. The maximum atomic E-state index is 10.6. The molecule has 2 rings (SSSR count). The largest absolute Gasteiger partial charge is 0.481 e. The number of carboxylic acids is 1. The van der Waals surface area contributed by atoms with Crippen molar-refractivity contribution in [3.05, 3.63) is 0 Å². The lowest BCUT2D eigenvalue weighted by Gasteiger charge is -2.62. The fourth-order valence-electron chi connectivity index (χ4n) is 3.57. The SMILES string of the molecule is CO[C@@]1(C)C[C@@H](O)C12CCN(CCC(=O)O)CC2. The molecule has 1 aliphatic heterocycles. The van der Waals surface area contributed by atoms with Crippen LogP contribution in [0.4, 0.5) is 0 Å². The normalized spacial score (nSPS) is 35.4. The number of aliphatic hydroxyl groups is 1. The molecule has 1 saturated heterocycles. The molecule has 18 heavy (non-hydrogen) atoms. The summed E-state index contributed by atoms with van der Waals surface area (Å²) in [5.74, 6) is -0.749. The molecule has 5 nitrogen and oxygen atoms in total. The van der Waals surface area contributed by atoms with Crippen molar-refractivity contribution in [2.75, 3.05) is 26.7 Å². The summed E-state index contributed by atoms with van der Waals surface area (Å²) < 4.78 is 5.60. The number of ether oxygens (including phenoxy) is 1. The number of hydrogen-bond donors (Lipinski definition) is 2. The maximum absolute atomic E-state index is 10.6. The topological polar surface area (TPSA) is 70.0 Å². The number of carboxylic acid groups (broad SMARTS) is 1. The summed E-state index contributed by atoms with van der Waals surface area (Å²) in [5.41, 5.74) is -0.340. The minimum Gasteiger partial charge on any atom is -0.481 e. The maximum Gasteiger partial charge on any atom is 0.304 e. The zero-order valence-electron chi connectivity index (χ0n) is 11.2. The summed E-state index contributed by atoms with van der Waals surface area (Å²) >= 11 is 0. The molecule has 2 atom stereocenters. The quantitative estimate of drug-likeness (QED) is 0.776. The molecule has 0 unspecified atom stereocenters. The van der Waals surface area contributed by atoms with E-state index in [0.717, 1.165) is 25.9 Å². The molecular formula is C13H23NO4. The molecule has 0 aromatic carbocycles. The smallest absolute Gasteiger partial charge is 0.304 e. The van der Waals surface area contributed by atoms with E-state index in [9.17, 15) is 9.90 Å². The lowest BCUT2D eigenvalue weighted by Crippen LogP contribution is -2.69. The van der Waals surface area contributed by atoms with Crippen LogP contribution in [0.1, 0.15) is 32.6 Å². The molecule has 0 aromatic heterocycles. The van der Waals surface area contributed by atoms with E-state index >= 15 is 0 Å². The Bertz CT molecular complexity index is 325. The van der Waals surface area contributed by atoms with Gasteiger partial charge in [-0.3, -0.25) is 4.79 Å². The summed E-state index contributed by atoms with van der Waals surface area (Å²) in [7, 11) is 1.71. The van der Waals surface area contributed by atoms with Crippen molar-refractivity contribution >= 4 is 5.97 Å². The summed E-state index contributed by atoms with van der Waals surface area (Å²) in [5, 5.41) is 18.8. The summed E-state index contributed by atoms with van der Waals surface area (Å²) in [4.78, 5) is 12.7. The van der Waals surface area contributed by atoms with Crippen LogP contribution in [0.25, 0.3) is 0 Å². The second-order valence-electron chi connectivity index (χ2n) is 5.80. The third kappa shape index (κ3) is 2.04. The van der Waals surface area contributed by atoms with E-state index in [1.54, 1.807) is 7.11 Å². The summed E-state index contributed by atoms with van der Waals surface area (Å²) in [6.07, 6.45) is 2.40. The van der Waals surface area contributed by atoms with Crippen LogP contribution in [0.3, 0.4) is 0 Å². The van der Waals surface area contributed by atoms with Gasteiger partial charge >= 0.3 is 5.97 Å². The molecule has 2 N–H and O–H groups in total. The molecule has 0 aromatic rings. The van der Waals surface area contributed by atoms with Gasteiger partial charge in [-0.25, -0.2) is 0 Å². The van der Waals surface area contributed by atoms with Gasteiger partial charge in [0.05, 0.1) is 18.1 Å². The van der Waals surface area contributed by atoms with Crippen molar-refractivity contribution in [1.82, 2.24) is 4.90 Å². The predicted molar refractivity (Wildman–Crippen MR) is 66.4 cm³/mol. The molecule has 5 heteroatoms. The minimum atomic E-state index is -0.749. The molecule has 2 aliphatic rings. The summed E-state index contributed by atoms with van der Waals surface area (Å²) in [6.45, 7) is 4.38. The van der Waals surface area contributed by atoms with Gasteiger partial charge in [0.15, 0.2) is 0 Å². The lowest BCUT2D eigenvalue weighted by atomic mass is 9.51. The van der Waals surface area contributed by atoms with Gasteiger partial charge in [-0.15, -0.1) is 0 Å². The Kier molecular flexibility index (Phi) is 3.67. The first kappa shape index (κ1) is 13.8. The fraction of sp³-hybridized carbons (Fsp3) is 0.923. The van der Waals surface area contributed by atoms with Crippen LogP contribution in [0.5, 0.6) is 0 Å². The van der Waals surface area contributed by atoms with Crippen molar-refractivity contribution in [2.24, 2.45) is 5.41 Å². The molecule has 1 saturated carbocycles. The molecule has 0 radical (unpaired) electrons. The highest BCUT2D eigenvalue weighted by Gasteiger charge is 2.63. The standard InChI is InChI=1S/C13H23NO4/c1-12(18-2)9-10(15)13(12)4-7-14(8-5-13)6-3-11(16)17/h10,15H,3-9H2,1-2H3,(H,16,17)/t10-,12+/m1/s1. The van der Waals surface area contributed by atoms with Gasteiger partial charge in [0.25, 0.3) is 0 Å². The zero-order valence-corrected chi connectivity index (χ0v) is 11.2. The average molecular weight is 257 g/mol. The van der Waals surface area contributed by atoms with E-state index in [1.807, 2.05) is 0 Å². The van der Waals surface area contributed by atoms with Gasteiger partial charge in [0.2, 0.25) is 0 Å². The van der Waals surface area contributed by atoms with Crippen molar-refractivity contribution in [3.63, 3.8) is 0 Å². The number of piperidine rings is 1. The van der Waals surface area contributed by atoms with Gasteiger partial charge in [0, 0.05) is 25.5 Å². The van der Waals surface area contributed by atoms with Gasteiger partial charge in [0.1, 0.15) is 0 Å². The van der Waals surface area contributed by atoms with Crippen LogP contribution in [-0.2, 0) is 9.53 Å². The molecule has 0 amide bonds. The highest BCUT2D eigenvalue weighted by atomic mass is 16.5. The van der Waals surface area contributed by atoms with Crippen molar-refractivity contribution < 1.29 is 19.7 Å². The Hall–Kier alpha value is -0.650. The van der Waals surface area contributed by atoms with E-state index in [4.69, 9.17) is 9.84 Å². The number of nitrogens with zero attached hydrogens (tertiary/aromatic N) is 1. The van der Waals surface area contributed by atoms with Crippen LogP contribution in [0.2, 0.25) is 0 Å². The first-order chi connectivity index (χ1) is 8.43. The van der Waals surface area contributed by atoms with E-state index in [1.165, 1.54) is 0 Å². The van der Waals surface area contributed by atoms with Crippen LogP contribution >= 0.6 is 0 Å². The molecule has 0 bridgehead atoms. The highest BCUT2D eigenvalue weighted by Crippen LogP contribution is 2.57. The summed E-state index contributed by atoms with van der Waals surface area (Å²) in [6, 6.07) is 0. The molecule has 2 fully saturated rings.